The Hall–Kier alpha value is -0.420. The summed E-state index contributed by atoms with van der Waals surface area (Å²) >= 11 is 2.02. The third kappa shape index (κ3) is 5.92. The monoisotopic (exact) mass is 302 g/mol. The van der Waals surface area contributed by atoms with Gasteiger partial charge in [-0.15, -0.1) is 0 Å². The Morgan fingerprint density at radius 2 is 2.10 bits per heavy atom. The van der Waals surface area contributed by atoms with E-state index in [9.17, 15) is 4.79 Å². The first-order valence-electron chi connectivity index (χ1n) is 7.55. The van der Waals surface area contributed by atoms with Crippen LogP contribution in [0.2, 0.25) is 0 Å². The van der Waals surface area contributed by atoms with Gasteiger partial charge in [-0.25, -0.2) is 4.79 Å². The fraction of sp³-hybridized carbons (Fsp3) is 0.933. The van der Waals surface area contributed by atoms with Crippen LogP contribution in [0.25, 0.3) is 0 Å². The maximum atomic E-state index is 12.2. The number of hydrogen-bond acceptors (Lipinski definition) is 4. The quantitative estimate of drug-likeness (QED) is 0.847. The first-order chi connectivity index (χ1) is 9.20. The molecule has 118 valence electrons. The van der Waals surface area contributed by atoms with Crippen LogP contribution in [0.15, 0.2) is 0 Å². The summed E-state index contributed by atoms with van der Waals surface area (Å²) in [5.74, 6) is 1.23. The van der Waals surface area contributed by atoms with E-state index in [1.165, 1.54) is 12.2 Å². The van der Waals surface area contributed by atoms with E-state index >= 15 is 0 Å². The lowest BCUT2D eigenvalue weighted by Crippen LogP contribution is -2.46. The summed E-state index contributed by atoms with van der Waals surface area (Å²) in [6.45, 7) is 13.5. The maximum Gasteiger partial charge on any atom is 0.410 e. The number of ether oxygens (including phenoxy) is 1. The van der Waals surface area contributed by atoms with Gasteiger partial charge in [0.2, 0.25) is 0 Å². The summed E-state index contributed by atoms with van der Waals surface area (Å²) < 4.78 is 5.46. The molecule has 5 heteroatoms. The summed E-state index contributed by atoms with van der Waals surface area (Å²) in [5, 5.41) is 4.23. The highest BCUT2D eigenvalue weighted by Gasteiger charge is 2.26. The van der Waals surface area contributed by atoms with E-state index in [0.717, 1.165) is 6.54 Å². The number of thioether (sulfide) groups is 1. The molecule has 1 fully saturated rings. The SMILES string of the molecule is CC1SCCC1NCCN(C(=O)OC(C)(C)C)C(C)C. The molecule has 0 radical (unpaired) electrons. The summed E-state index contributed by atoms with van der Waals surface area (Å²) in [7, 11) is 0. The maximum absolute atomic E-state index is 12.2. The predicted octanol–water partition coefficient (Wildman–Crippen LogP) is 3.12. The van der Waals surface area contributed by atoms with Crippen LogP contribution >= 0.6 is 11.8 Å². The predicted molar refractivity (Wildman–Crippen MR) is 86.4 cm³/mol. The van der Waals surface area contributed by atoms with Crippen molar-refractivity contribution in [1.29, 1.82) is 0 Å². The van der Waals surface area contributed by atoms with Crippen molar-refractivity contribution >= 4 is 17.9 Å². The Labute approximate surface area is 128 Å². The number of rotatable bonds is 5. The highest BCUT2D eigenvalue weighted by Crippen LogP contribution is 2.25. The minimum absolute atomic E-state index is 0.155. The van der Waals surface area contributed by atoms with Gasteiger partial charge >= 0.3 is 6.09 Å². The van der Waals surface area contributed by atoms with Crippen LogP contribution in [0.5, 0.6) is 0 Å². The molecule has 1 N–H and O–H groups in total. The second-order valence-corrected chi connectivity index (χ2v) is 8.18. The van der Waals surface area contributed by atoms with E-state index < -0.39 is 5.60 Å². The molecule has 20 heavy (non-hydrogen) atoms. The van der Waals surface area contributed by atoms with Crippen LogP contribution in [-0.2, 0) is 4.74 Å². The number of carbonyl (C=O) groups is 1. The minimum Gasteiger partial charge on any atom is -0.444 e. The molecule has 1 amide bonds. The first-order valence-corrected chi connectivity index (χ1v) is 8.60. The fourth-order valence-corrected chi connectivity index (χ4v) is 3.48. The molecule has 1 heterocycles. The molecule has 1 aliphatic rings. The van der Waals surface area contributed by atoms with Crippen molar-refractivity contribution in [3.8, 4) is 0 Å². The van der Waals surface area contributed by atoms with Gasteiger partial charge in [-0.05, 0) is 46.8 Å². The van der Waals surface area contributed by atoms with Crippen molar-refractivity contribution in [2.24, 2.45) is 0 Å². The average Bonchev–Trinajstić information content (AvgIpc) is 2.67. The van der Waals surface area contributed by atoms with E-state index in [0.29, 0.717) is 17.8 Å². The van der Waals surface area contributed by atoms with E-state index in [-0.39, 0.29) is 12.1 Å². The minimum atomic E-state index is -0.436. The van der Waals surface area contributed by atoms with E-state index in [2.05, 4.69) is 12.2 Å². The molecule has 0 saturated carbocycles. The molecule has 0 aromatic heterocycles. The highest BCUT2D eigenvalue weighted by molar-refractivity contribution is 8.00. The molecule has 1 aliphatic heterocycles. The molecule has 4 nitrogen and oxygen atoms in total. The average molecular weight is 302 g/mol. The molecule has 0 aliphatic carbocycles. The lowest BCUT2D eigenvalue weighted by molar-refractivity contribution is 0.0192. The molecular weight excluding hydrogens is 272 g/mol. The Morgan fingerprint density at radius 1 is 1.45 bits per heavy atom. The Kier molecular flexibility index (Phi) is 6.65. The molecule has 2 unspecified atom stereocenters. The second kappa shape index (κ2) is 7.55. The smallest absolute Gasteiger partial charge is 0.410 e. The van der Waals surface area contributed by atoms with Crippen molar-refractivity contribution in [3.05, 3.63) is 0 Å². The zero-order chi connectivity index (χ0) is 15.3. The number of nitrogens with zero attached hydrogens (tertiary/aromatic N) is 1. The lowest BCUT2D eigenvalue weighted by Gasteiger charge is -2.30. The Bertz CT molecular complexity index is 315. The Balaban J connectivity index is 2.41. The standard InChI is InChI=1S/C15H30N2O2S/c1-11(2)17(14(18)19-15(4,5)6)9-8-16-13-7-10-20-12(13)3/h11-13,16H,7-10H2,1-6H3. The summed E-state index contributed by atoms with van der Waals surface area (Å²) in [6, 6.07) is 0.731. The van der Waals surface area contributed by atoms with Crippen molar-refractivity contribution in [2.45, 2.75) is 70.9 Å². The largest absolute Gasteiger partial charge is 0.444 e. The second-order valence-electron chi connectivity index (χ2n) is 6.69. The van der Waals surface area contributed by atoms with Crippen LogP contribution in [0.4, 0.5) is 4.79 Å². The van der Waals surface area contributed by atoms with Gasteiger partial charge in [0.05, 0.1) is 0 Å². The third-order valence-electron chi connectivity index (χ3n) is 3.39. The van der Waals surface area contributed by atoms with Crippen LogP contribution in [0.3, 0.4) is 0 Å². The van der Waals surface area contributed by atoms with Gasteiger partial charge in [0.1, 0.15) is 5.60 Å². The lowest BCUT2D eigenvalue weighted by atomic mass is 10.2. The van der Waals surface area contributed by atoms with Gasteiger partial charge in [-0.1, -0.05) is 6.92 Å². The van der Waals surface area contributed by atoms with Crippen LogP contribution in [-0.4, -0.2) is 52.8 Å². The van der Waals surface area contributed by atoms with Gasteiger partial charge in [-0.3, -0.25) is 0 Å². The van der Waals surface area contributed by atoms with Crippen molar-refractivity contribution in [1.82, 2.24) is 10.2 Å². The van der Waals surface area contributed by atoms with Gasteiger partial charge in [0, 0.05) is 30.4 Å². The molecule has 0 bridgehead atoms. The topological polar surface area (TPSA) is 41.6 Å². The zero-order valence-corrected chi connectivity index (χ0v) is 14.5. The summed E-state index contributed by atoms with van der Waals surface area (Å²) in [5.41, 5.74) is -0.436. The van der Waals surface area contributed by atoms with Crippen LogP contribution in [0.1, 0.15) is 48.0 Å². The van der Waals surface area contributed by atoms with Crippen molar-refractivity contribution in [2.75, 3.05) is 18.8 Å². The van der Waals surface area contributed by atoms with Gasteiger partial charge in [0.25, 0.3) is 0 Å². The highest BCUT2D eigenvalue weighted by atomic mass is 32.2. The van der Waals surface area contributed by atoms with Gasteiger partial charge in [0.15, 0.2) is 0 Å². The van der Waals surface area contributed by atoms with Crippen molar-refractivity contribution < 1.29 is 9.53 Å². The third-order valence-corrected chi connectivity index (χ3v) is 4.71. The molecule has 0 spiro atoms. The van der Waals surface area contributed by atoms with Crippen LogP contribution < -0.4 is 5.32 Å². The molecule has 1 rings (SSSR count). The van der Waals surface area contributed by atoms with Gasteiger partial charge < -0.3 is 15.0 Å². The van der Waals surface area contributed by atoms with E-state index in [4.69, 9.17) is 4.74 Å². The number of carbonyl (C=O) groups excluding carboxylic acids is 1. The number of amides is 1. The van der Waals surface area contributed by atoms with Crippen LogP contribution in [0, 0.1) is 0 Å². The zero-order valence-electron chi connectivity index (χ0n) is 13.7. The Morgan fingerprint density at radius 3 is 2.55 bits per heavy atom. The number of hydrogen-bond donors (Lipinski definition) is 1. The molecular formula is C15H30N2O2S. The molecule has 0 aromatic rings. The molecule has 2 atom stereocenters. The van der Waals surface area contributed by atoms with E-state index in [1.54, 1.807) is 4.90 Å². The van der Waals surface area contributed by atoms with E-state index in [1.807, 2.05) is 46.4 Å². The molecule has 1 saturated heterocycles. The number of nitrogens with one attached hydrogen (secondary N) is 1. The first kappa shape index (κ1) is 17.6. The van der Waals surface area contributed by atoms with Gasteiger partial charge in [-0.2, -0.15) is 11.8 Å². The fourth-order valence-electron chi connectivity index (χ4n) is 2.25. The summed E-state index contributed by atoms with van der Waals surface area (Å²) in [4.78, 5) is 14.0. The summed E-state index contributed by atoms with van der Waals surface area (Å²) in [6.07, 6.45) is 1.00. The van der Waals surface area contributed by atoms with Crippen molar-refractivity contribution in [3.63, 3.8) is 0 Å². The molecule has 0 aromatic carbocycles. The normalized spacial score (nSPS) is 23.1.